The van der Waals surface area contributed by atoms with Gasteiger partial charge < -0.3 is 16.0 Å². The number of carbonyl (C=O) groups is 3. The molecule has 3 aliphatic carbocycles. The Labute approximate surface area is 486 Å². The van der Waals surface area contributed by atoms with E-state index >= 15 is 0 Å². The van der Waals surface area contributed by atoms with Crippen LogP contribution in [0.5, 0.6) is 0 Å². The molecule has 5 aromatic heterocycles. The number of aryl methyl sites for hydroxylation is 3. The summed E-state index contributed by atoms with van der Waals surface area (Å²) in [7, 11) is -5.57. The summed E-state index contributed by atoms with van der Waals surface area (Å²) in [5.41, 5.74) is 10.9. The van der Waals surface area contributed by atoms with Crippen LogP contribution in [0, 0.1) is 20.8 Å². The van der Waals surface area contributed by atoms with Crippen LogP contribution in [-0.2, 0) is 30.1 Å². The first-order valence-corrected chi connectivity index (χ1v) is 32.7. The summed E-state index contributed by atoms with van der Waals surface area (Å²) in [6.07, 6.45) is 12.8. The van der Waals surface area contributed by atoms with Crippen molar-refractivity contribution in [3.63, 3.8) is 0 Å². The molecule has 438 valence electrons. The van der Waals surface area contributed by atoms with E-state index in [0.717, 1.165) is 96.4 Å². The molecule has 0 unspecified atom stereocenters. The van der Waals surface area contributed by atoms with Crippen LogP contribution in [0.2, 0.25) is 0 Å². The third-order valence-electron chi connectivity index (χ3n) is 14.3. The van der Waals surface area contributed by atoms with Crippen molar-refractivity contribution in [3.05, 3.63) is 148 Å². The summed E-state index contributed by atoms with van der Waals surface area (Å²) < 4.78 is 83.2. The number of sulfonamides is 3. The van der Waals surface area contributed by atoms with Gasteiger partial charge in [-0.1, -0.05) is 29.8 Å². The summed E-state index contributed by atoms with van der Waals surface area (Å²) in [4.78, 5) is 46.7. The van der Waals surface area contributed by atoms with Crippen LogP contribution in [0.25, 0.3) is 50.0 Å². The second-order valence-corrected chi connectivity index (χ2v) is 26.8. The lowest BCUT2D eigenvalue weighted by molar-refractivity contribution is 0.0949. The Morgan fingerprint density at radius 2 is 0.726 bits per heavy atom. The van der Waals surface area contributed by atoms with Crippen molar-refractivity contribution in [2.75, 3.05) is 54.1 Å². The first kappa shape index (κ1) is 58.4. The zero-order valence-electron chi connectivity index (χ0n) is 47.7. The van der Waals surface area contributed by atoms with E-state index in [0.29, 0.717) is 84.4 Å². The van der Waals surface area contributed by atoms with Gasteiger partial charge in [-0.05, 0) is 166 Å². The maximum Gasteiger partial charge on any atom is 0.270 e. The third kappa shape index (κ3) is 13.0. The van der Waals surface area contributed by atoms with Crippen molar-refractivity contribution in [1.82, 2.24) is 55.3 Å². The van der Waals surface area contributed by atoms with Crippen LogP contribution in [0.3, 0.4) is 0 Å². The second-order valence-electron chi connectivity index (χ2n) is 21.6. The maximum atomic E-state index is 12.7. The maximum absolute atomic E-state index is 12.7. The summed E-state index contributed by atoms with van der Waals surface area (Å²) >= 11 is 0. The number of rotatable bonds is 15. The molecule has 26 heteroatoms. The number of aromatic nitrogens is 8. The molecule has 0 aliphatic heterocycles. The van der Waals surface area contributed by atoms with E-state index in [-0.39, 0.29) is 29.6 Å². The Bertz CT molecular complexity index is 3980. The Hall–Kier alpha value is -8.75. The van der Waals surface area contributed by atoms with Crippen molar-refractivity contribution in [3.8, 4) is 17.3 Å². The van der Waals surface area contributed by atoms with Gasteiger partial charge in [0.05, 0.1) is 58.1 Å². The average Bonchev–Trinajstić information content (AvgIpc) is 1.90. The highest BCUT2D eigenvalue weighted by atomic mass is 32.2. The van der Waals surface area contributed by atoms with E-state index in [4.69, 9.17) is 0 Å². The number of nitrogens with one attached hydrogen (secondary N) is 6. The Balaban J connectivity index is 0.000000140. The lowest BCUT2D eigenvalue weighted by Gasteiger charge is -2.11. The van der Waals surface area contributed by atoms with Crippen LogP contribution in [-0.4, -0.2) is 122 Å². The molecule has 3 fully saturated rings. The molecule has 3 amide bonds. The van der Waals surface area contributed by atoms with E-state index in [2.05, 4.69) is 55.4 Å². The molecule has 9 aromatic rings. The minimum atomic E-state index is -3.43. The predicted molar refractivity (Wildman–Crippen MR) is 325 cm³/mol. The van der Waals surface area contributed by atoms with Crippen molar-refractivity contribution in [2.24, 2.45) is 0 Å². The fraction of sp³-hybridized carbons (Fsp3) is 0.310. The number of pyridine rings is 2. The monoisotopic (exact) mass is 1200 g/mol. The molecule has 3 saturated carbocycles. The van der Waals surface area contributed by atoms with Gasteiger partial charge in [0, 0.05) is 49.7 Å². The zero-order chi connectivity index (χ0) is 60.2. The lowest BCUT2D eigenvalue weighted by Crippen LogP contribution is -2.22. The van der Waals surface area contributed by atoms with Crippen LogP contribution in [0.4, 0.5) is 17.1 Å². The highest BCUT2D eigenvalue weighted by Crippen LogP contribution is 2.48. The standard InChI is InChI=1S/C20H22N4O3S.2C19H21N5O3S/c1-12-4-8-14(9-5-12)24-19(20(25)21-2)16-10-15(13-6-7-13)18(11-17(16)22-24)23-28(3,26)27;2*1-11-4-7-17(21-10-11)24-18(19(25)20-2)14-8-13(12-5-6-12)16(9-15(14)22-24)23-28(3,26)27/h4-5,8-11,13,23H,6-7H2,1-3H3,(H,21,25);2*4,7-10,12,23H,5-6H2,1-3H3,(H,20,25). The van der Waals surface area contributed by atoms with Gasteiger partial charge in [0.2, 0.25) is 30.1 Å². The van der Waals surface area contributed by atoms with E-state index in [1.54, 1.807) is 68.6 Å². The summed E-state index contributed by atoms with van der Waals surface area (Å²) in [5, 5.41) is 23.8. The fourth-order valence-corrected chi connectivity index (χ4v) is 11.6. The minimum absolute atomic E-state index is 0.242. The minimum Gasteiger partial charge on any atom is -0.354 e. The quantitative estimate of drug-likeness (QED) is 0.0576. The molecule has 5 heterocycles. The predicted octanol–water partition coefficient (Wildman–Crippen LogP) is 7.62. The number of hydrogen-bond donors (Lipinski definition) is 6. The Morgan fingerprint density at radius 3 is 1.00 bits per heavy atom. The van der Waals surface area contributed by atoms with Crippen molar-refractivity contribution in [1.29, 1.82) is 0 Å². The van der Waals surface area contributed by atoms with Gasteiger partial charge in [-0.15, -0.1) is 0 Å². The van der Waals surface area contributed by atoms with E-state index in [1.165, 1.54) is 9.36 Å². The van der Waals surface area contributed by atoms with E-state index in [9.17, 15) is 39.6 Å². The molecule has 0 radical (unpaired) electrons. The fourth-order valence-electron chi connectivity index (χ4n) is 9.89. The number of carbonyl (C=O) groups excluding carboxylic acids is 3. The van der Waals surface area contributed by atoms with Crippen LogP contribution in [0.15, 0.2) is 97.3 Å². The molecule has 0 saturated heterocycles. The van der Waals surface area contributed by atoms with Crippen molar-refractivity contribution >= 4 is 97.6 Å². The third-order valence-corrected chi connectivity index (χ3v) is 16.1. The number of anilines is 3. The summed E-state index contributed by atoms with van der Waals surface area (Å²) in [5.74, 6) is 1.10. The van der Waals surface area contributed by atoms with Gasteiger partial charge in [-0.25, -0.2) is 49.3 Å². The molecule has 0 atom stereocenters. The molecule has 6 N–H and O–H groups in total. The number of hydrogen-bond acceptors (Lipinski definition) is 14. The van der Waals surface area contributed by atoms with Crippen molar-refractivity contribution in [2.45, 2.75) is 77.0 Å². The van der Waals surface area contributed by atoms with E-state index in [1.807, 2.05) is 75.4 Å². The Kier molecular flexibility index (Phi) is 15.8. The normalized spacial score (nSPS) is 14.2. The summed E-state index contributed by atoms with van der Waals surface area (Å²) in [6, 6.07) is 25.9. The number of benzene rings is 4. The van der Waals surface area contributed by atoms with Crippen molar-refractivity contribution < 1.29 is 39.6 Å². The van der Waals surface area contributed by atoms with Crippen LogP contribution >= 0.6 is 0 Å². The Morgan fingerprint density at radius 1 is 0.429 bits per heavy atom. The second kappa shape index (κ2) is 22.8. The highest BCUT2D eigenvalue weighted by molar-refractivity contribution is 7.92. The van der Waals surface area contributed by atoms with Crippen LogP contribution in [0.1, 0.15) is 121 Å². The SMILES string of the molecule is CNC(=O)c1c2cc(C3CC3)c(NS(C)(=O)=O)cc2nn1-c1ccc(C)cc1.CNC(=O)c1c2cc(C3CC3)c(NS(C)(=O)=O)cc2nn1-c1ccc(C)cn1.CNC(=O)c1c2cc(C3CC3)c(NS(C)(=O)=O)cc2nn1-c1ccc(C)cn1. The highest BCUT2D eigenvalue weighted by Gasteiger charge is 2.33. The topological polar surface area (TPSA) is 305 Å². The molecular weight excluding hydrogens is 1130 g/mol. The van der Waals surface area contributed by atoms with Crippen LogP contribution < -0.4 is 30.1 Å². The van der Waals surface area contributed by atoms with Gasteiger partial charge in [0.25, 0.3) is 17.7 Å². The number of nitrogens with zero attached hydrogens (tertiary/aromatic N) is 8. The lowest BCUT2D eigenvalue weighted by atomic mass is 10.0. The molecular formula is C58H64N14O9S3. The largest absolute Gasteiger partial charge is 0.354 e. The summed E-state index contributed by atoms with van der Waals surface area (Å²) in [6.45, 7) is 5.86. The molecule has 0 bridgehead atoms. The van der Waals surface area contributed by atoms with Gasteiger partial charge >= 0.3 is 0 Å². The molecule has 0 spiro atoms. The first-order valence-electron chi connectivity index (χ1n) is 27.0. The molecule has 12 rings (SSSR count). The average molecular weight is 1200 g/mol. The van der Waals surface area contributed by atoms with E-state index < -0.39 is 30.1 Å². The van der Waals surface area contributed by atoms with Gasteiger partial charge in [0.1, 0.15) is 17.1 Å². The van der Waals surface area contributed by atoms with Gasteiger partial charge in [-0.2, -0.15) is 15.3 Å². The number of amides is 3. The van der Waals surface area contributed by atoms with Gasteiger partial charge in [-0.3, -0.25) is 28.5 Å². The smallest absolute Gasteiger partial charge is 0.270 e. The zero-order valence-corrected chi connectivity index (χ0v) is 50.1. The first-order chi connectivity index (χ1) is 39.8. The molecule has 23 nitrogen and oxygen atoms in total. The molecule has 3 aliphatic rings. The molecule has 84 heavy (non-hydrogen) atoms. The number of fused-ring (bicyclic) bond motifs is 3. The molecule has 4 aromatic carbocycles. The van der Waals surface area contributed by atoms with Gasteiger partial charge in [0.15, 0.2) is 11.6 Å².